The van der Waals surface area contributed by atoms with E-state index in [9.17, 15) is 14.7 Å². The van der Waals surface area contributed by atoms with Gasteiger partial charge in [-0.3, -0.25) is 0 Å². The molecule has 7 heteroatoms. The largest absolute Gasteiger partial charge is 0.504 e. The summed E-state index contributed by atoms with van der Waals surface area (Å²) in [7, 11) is 1.28. The van der Waals surface area contributed by atoms with Gasteiger partial charge in [-0.05, 0) is 31.5 Å². The number of amides is 2. The lowest BCUT2D eigenvalue weighted by atomic mass is 9.95. The number of hydrogen-bond acceptors (Lipinski definition) is 5. The second-order valence-electron chi connectivity index (χ2n) is 4.72. The van der Waals surface area contributed by atoms with Gasteiger partial charge in [-0.15, -0.1) is 0 Å². The van der Waals surface area contributed by atoms with Crippen LogP contribution in [0.2, 0.25) is 0 Å². The van der Waals surface area contributed by atoms with Gasteiger partial charge in [-0.25, -0.2) is 9.59 Å². The van der Waals surface area contributed by atoms with Crippen LogP contribution in [0.4, 0.5) is 4.79 Å². The maximum Gasteiger partial charge on any atom is 0.337 e. The van der Waals surface area contributed by atoms with Crippen molar-refractivity contribution >= 4 is 12.0 Å². The molecule has 0 radical (unpaired) electrons. The lowest BCUT2D eigenvalue weighted by Gasteiger charge is -2.28. The molecule has 118 valence electrons. The van der Waals surface area contributed by atoms with Gasteiger partial charge in [-0.1, -0.05) is 6.07 Å². The summed E-state index contributed by atoms with van der Waals surface area (Å²) in [5.74, 6) is -0.262. The molecule has 0 saturated heterocycles. The van der Waals surface area contributed by atoms with Crippen molar-refractivity contribution in [1.29, 1.82) is 0 Å². The lowest BCUT2D eigenvalue weighted by molar-refractivity contribution is -0.136. The van der Waals surface area contributed by atoms with Crippen LogP contribution in [0.25, 0.3) is 0 Å². The second-order valence-corrected chi connectivity index (χ2v) is 4.72. The van der Waals surface area contributed by atoms with Crippen LogP contribution < -0.4 is 15.4 Å². The van der Waals surface area contributed by atoms with Gasteiger partial charge in [-0.2, -0.15) is 0 Å². The highest BCUT2D eigenvalue weighted by atomic mass is 16.5. The van der Waals surface area contributed by atoms with Crippen molar-refractivity contribution < 1.29 is 24.2 Å². The van der Waals surface area contributed by atoms with Crippen molar-refractivity contribution in [3.63, 3.8) is 0 Å². The number of hydrogen-bond donors (Lipinski definition) is 3. The minimum Gasteiger partial charge on any atom is -0.504 e. The van der Waals surface area contributed by atoms with Crippen LogP contribution in [-0.4, -0.2) is 30.8 Å². The number of esters is 1. The number of methoxy groups -OCH3 is 1. The summed E-state index contributed by atoms with van der Waals surface area (Å²) in [4.78, 5) is 23.7. The number of allylic oxidation sites excluding steroid dienone is 1. The van der Waals surface area contributed by atoms with Crippen LogP contribution >= 0.6 is 0 Å². The molecule has 1 aromatic carbocycles. The molecule has 3 N–H and O–H groups in total. The van der Waals surface area contributed by atoms with E-state index in [4.69, 9.17) is 9.47 Å². The van der Waals surface area contributed by atoms with Crippen molar-refractivity contribution in [2.24, 2.45) is 0 Å². The van der Waals surface area contributed by atoms with Gasteiger partial charge in [0.2, 0.25) is 0 Å². The molecule has 1 aliphatic rings. The minimum atomic E-state index is -0.680. The first-order valence-corrected chi connectivity index (χ1v) is 6.80. The fourth-order valence-corrected chi connectivity index (χ4v) is 2.31. The highest BCUT2D eigenvalue weighted by molar-refractivity contribution is 5.94. The Kier molecular flexibility index (Phi) is 4.55. The summed E-state index contributed by atoms with van der Waals surface area (Å²) < 4.78 is 10.1. The molecule has 0 aliphatic carbocycles. The van der Waals surface area contributed by atoms with Crippen molar-refractivity contribution in [3.05, 3.63) is 35.0 Å². The summed E-state index contributed by atoms with van der Waals surface area (Å²) in [6.45, 7) is 3.80. The number of benzene rings is 1. The summed E-state index contributed by atoms with van der Waals surface area (Å²) >= 11 is 0. The fraction of sp³-hybridized carbons (Fsp3) is 0.333. The molecule has 2 amide bonds. The zero-order valence-corrected chi connectivity index (χ0v) is 12.6. The average molecular weight is 306 g/mol. The molecule has 22 heavy (non-hydrogen) atoms. The predicted molar refractivity (Wildman–Crippen MR) is 78.4 cm³/mol. The Morgan fingerprint density at radius 1 is 1.41 bits per heavy atom. The molecule has 1 atom stereocenters. The van der Waals surface area contributed by atoms with Gasteiger partial charge < -0.3 is 25.2 Å². The van der Waals surface area contributed by atoms with E-state index in [0.717, 1.165) is 0 Å². The molecule has 1 heterocycles. The number of urea groups is 1. The molecule has 0 aromatic heterocycles. The standard InChI is InChI=1S/C15H18N2O5/c1-4-22-11-7-9(5-6-10(11)18)13-12(14(19)21-3)8(2)16-15(20)17-13/h5-7,13,18H,4H2,1-3H3,(H2,16,17,20). The molecule has 0 fully saturated rings. The number of phenols is 1. The van der Waals surface area contributed by atoms with E-state index in [1.54, 1.807) is 26.0 Å². The highest BCUT2D eigenvalue weighted by Gasteiger charge is 2.32. The minimum absolute atomic E-state index is 0.00817. The Bertz CT molecular complexity index is 639. The lowest BCUT2D eigenvalue weighted by Crippen LogP contribution is -2.45. The number of rotatable bonds is 4. The average Bonchev–Trinajstić information content (AvgIpc) is 2.48. The molecule has 0 bridgehead atoms. The van der Waals surface area contributed by atoms with Gasteiger partial charge in [0.05, 0.1) is 25.3 Å². The normalized spacial score (nSPS) is 17.6. The van der Waals surface area contributed by atoms with Gasteiger partial charge in [0.15, 0.2) is 11.5 Å². The molecule has 1 aromatic rings. The van der Waals surface area contributed by atoms with Gasteiger partial charge in [0.1, 0.15) is 0 Å². The Balaban J connectivity index is 2.48. The summed E-state index contributed by atoms with van der Waals surface area (Å²) in [6.07, 6.45) is 0. The maximum absolute atomic E-state index is 12.0. The van der Waals surface area contributed by atoms with Crippen molar-refractivity contribution in [2.45, 2.75) is 19.9 Å². The molecule has 2 rings (SSSR count). The van der Waals surface area contributed by atoms with E-state index in [1.165, 1.54) is 13.2 Å². The predicted octanol–water partition coefficient (Wildman–Crippen LogP) is 1.59. The number of phenolic OH excluding ortho intramolecular Hbond substituents is 1. The van der Waals surface area contributed by atoms with Crippen LogP contribution in [0.3, 0.4) is 0 Å². The van der Waals surface area contributed by atoms with Crippen LogP contribution in [0.5, 0.6) is 11.5 Å². The first-order valence-electron chi connectivity index (χ1n) is 6.80. The van der Waals surface area contributed by atoms with Gasteiger partial charge >= 0.3 is 12.0 Å². The van der Waals surface area contributed by atoms with E-state index in [0.29, 0.717) is 23.4 Å². The van der Waals surface area contributed by atoms with Crippen LogP contribution in [0.1, 0.15) is 25.5 Å². The van der Waals surface area contributed by atoms with Crippen LogP contribution in [-0.2, 0) is 9.53 Å². The van der Waals surface area contributed by atoms with Crippen molar-refractivity contribution in [1.82, 2.24) is 10.6 Å². The summed E-state index contributed by atoms with van der Waals surface area (Å²) in [5.41, 5.74) is 1.33. The third kappa shape index (κ3) is 2.98. The number of ether oxygens (including phenoxy) is 2. The Labute approximate surface area is 127 Å². The smallest absolute Gasteiger partial charge is 0.337 e. The SMILES string of the molecule is CCOc1cc(C2NC(=O)NC(C)=C2C(=O)OC)ccc1O. The molecular formula is C15H18N2O5. The monoisotopic (exact) mass is 306 g/mol. The topological polar surface area (TPSA) is 96.9 Å². The van der Waals surface area contributed by atoms with E-state index in [2.05, 4.69) is 10.6 Å². The highest BCUT2D eigenvalue weighted by Crippen LogP contribution is 2.33. The van der Waals surface area contributed by atoms with E-state index < -0.39 is 18.0 Å². The van der Waals surface area contributed by atoms with Crippen LogP contribution in [0.15, 0.2) is 29.5 Å². The molecule has 1 aliphatic heterocycles. The molecule has 7 nitrogen and oxygen atoms in total. The number of nitrogens with one attached hydrogen (secondary N) is 2. The third-order valence-corrected chi connectivity index (χ3v) is 3.29. The van der Waals surface area contributed by atoms with E-state index >= 15 is 0 Å². The quantitative estimate of drug-likeness (QED) is 0.734. The Morgan fingerprint density at radius 3 is 2.77 bits per heavy atom. The van der Waals surface area contributed by atoms with Crippen LogP contribution in [0, 0.1) is 0 Å². The van der Waals surface area contributed by atoms with Crippen molar-refractivity contribution in [2.75, 3.05) is 13.7 Å². The van der Waals surface area contributed by atoms with E-state index in [-0.39, 0.29) is 11.5 Å². The Morgan fingerprint density at radius 2 is 2.14 bits per heavy atom. The Hall–Kier alpha value is -2.70. The first kappa shape index (κ1) is 15.7. The summed E-state index contributed by atoms with van der Waals surface area (Å²) in [5, 5.41) is 15.0. The molecule has 1 unspecified atom stereocenters. The zero-order valence-electron chi connectivity index (χ0n) is 12.6. The zero-order chi connectivity index (χ0) is 16.3. The molecule has 0 saturated carbocycles. The number of carbonyl (C=O) groups excluding carboxylic acids is 2. The maximum atomic E-state index is 12.0. The van der Waals surface area contributed by atoms with E-state index in [1.807, 2.05) is 0 Å². The second kappa shape index (κ2) is 6.38. The third-order valence-electron chi connectivity index (χ3n) is 3.29. The number of aromatic hydroxyl groups is 1. The molecule has 0 spiro atoms. The van der Waals surface area contributed by atoms with Gasteiger partial charge in [0, 0.05) is 5.70 Å². The first-order chi connectivity index (χ1) is 10.5. The fourth-order valence-electron chi connectivity index (χ4n) is 2.31. The van der Waals surface area contributed by atoms with Crippen molar-refractivity contribution in [3.8, 4) is 11.5 Å². The summed E-state index contributed by atoms with van der Waals surface area (Å²) in [6, 6.07) is 3.57. The number of carbonyl (C=O) groups is 2. The molecular weight excluding hydrogens is 288 g/mol. The van der Waals surface area contributed by atoms with Gasteiger partial charge in [0.25, 0.3) is 0 Å².